The lowest BCUT2D eigenvalue weighted by Gasteiger charge is -2.54. The first-order valence-corrected chi connectivity index (χ1v) is 6.72. The zero-order chi connectivity index (χ0) is 12.7. The van der Waals surface area contributed by atoms with Gasteiger partial charge >= 0.3 is 5.97 Å². The summed E-state index contributed by atoms with van der Waals surface area (Å²) >= 11 is 0. The van der Waals surface area contributed by atoms with Gasteiger partial charge in [0.15, 0.2) is 0 Å². The second kappa shape index (κ2) is 4.15. The highest BCUT2D eigenvalue weighted by molar-refractivity contribution is 5.77. The Balaban J connectivity index is 2.37. The van der Waals surface area contributed by atoms with E-state index in [0.717, 1.165) is 25.7 Å². The summed E-state index contributed by atoms with van der Waals surface area (Å²) in [7, 11) is 1.51. The fourth-order valence-corrected chi connectivity index (χ4v) is 4.22. The molecule has 0 saturated heterocycles. The fourth-order valence-electron chi connectivity index (χ4n) is 4.22. The van der Waals surface area contributed by atoms with Crippen molar-refractivity contribution in [2.24, 2.45) is 16.7 Å². The summed E-state index contributed by atoms with van der Waals surface area (Å²) in [5, 5.41) is 0. The Morgan fingerprint density at radius 3 is 2.71 bits per heavy atom. The van der Waals surface area contributed by atoms with Gasteiger partial charge in [0.25, 0.3) is 0 Å². The van der Waals surface area contributed by atoms with Crippen LogP contribution in [0.1, 0.15) is 52.4 Å². The van der Waals surface area contributed by atoms with Gasteiger partial charge in [0.1, 0.15) is 0 Å². The van der Waals surface area contributed by atoms with Crippen molar-refractivity contribution in [1.82, 2.24) is 0 Å². The van der Waals surface area contributed by atoms with E-state index in [1.165, 1.54) is 25.5 Å². The number of methoxy groups -OCH3 is 1. The summed E-state index contributed by atoms with van der Waals surface area (Å²) < 4.78 is 5.05. The number of ether oxygens (including phenoxy) is 1. The molecule has 2 heteroatoms. The largest absolute Gasteiger partial charge is 0.469 e. The number of allylic oxidation sites excluding steroid dienone is 1. The Kier molecular flexibility index (Phi) is 3.09. The zero-order valence-electron chi connectivity index (χ0n) is 11.3. The van der Waals surface area contributed by atoms with Crippen molar-refractivity contribution in [3.63, 3.8) is 0 Å². The maximum Gasteiger partial charge on any atom is 0.311 e. The SMILES string of the molecule is C=C1CCCC2[C@@]1(C)CCC[C@@]2(C)C(=O)OC. The first kappa shape index (κ1) is 12.7. The maximum absolute atomic E-state index is 12.1. The molecule has 0 aromatic rings. The van der Waals surface area contributed by atoms with Crippen LogP contribution >= 0.6 is 0 Å². The predicted octanol–water partition coefficient (Wildman–Crippen LogP) is 3.71. The van der Waals surface area contributed by atoms with Crippen LogP contribution in [0.5, 0.6) is 0 Å². The summed E-state index contributed by atoms with van der Waals surface area (Å²) in [6.07, 6.45) is 6.70. The van der Waals surface area contributed by atoms with Gasteiger partial charge in [-0.3, -0.25) is 4.79 Å². The van der Waals surface area contributed by atoms with Crippen molar-refractivity contribution in [3.8, 4) is 0 Å². The molecule has 96 valence electrons. The van der Waals surface area contributed by atoms with E-state index in [0.29, 0.717) is 5.92 Å². The van der Waals surface area contributed by atoms with Crippen molar-refractivity contribution in [3.05, 3.63) is 12.2 Å². The smallest absolute Gasteiger partial charge is 0.311 e. The van der Waals surface area contributed by atoms with E-state index in [2.05, 4.69) is 20.4 Å². The topological polar surface area (TPSA) is 26.3 Å². The number of carbonyl (C=O) groups is 1. The molecule has 0 radical (unpaired) electrons. The standard InChI is InChI=1S/C15H24O2/c1-11-7-5-8-12-14(11,2)9-6-10-15(12,3)13(16)17-4/h12H,1,5-10H2,2-4H3/t12?,14-,15+/m0/s1. The lowest BCUT2D eigenvalue weighted by molar-refractivity contribution is -0.163. The van der Waals surface area contributed by atoms with Gasteiger partial charge in [-0.2, -0.15) is 0 Å². The molecule has 0 aromatic heterocycles. The minimum absolute atomic E-state index is 0.0249. The first-order chi connectivity index (χ1) is 7.95. The Morgan fingerprint density at radius 1 is 1.35 bits per heavy atom. The zero-order valence-corrected chi connectivity index (χ0v) is 11.3. The average Bonchev–Trinajstić information content (AvgIpc) is 2.30. The Labute approximate surface area is 104 Å². The lowest BCUT2D eigenvalue weighted by Crippen LogP contribution is -2.50. The van der Waals surface area contributed by atoms with Crippen LogP contribution in [0.25, 0.3) is 0 Å². The molecule has 0 heterocycles. The number of hydrogen-bond acceptors (Lipinski definition) is 2. The molecule has 0 bridgehead atoms. The summed E-state index contributed by atoms with van der Waals surface area (Å²) in [5.41, 5.74) is 1.20. The number of carbonyl (C=O) groups excluding carboxylic acids is 1. The summed E-state index contributed by atoms with van der Waals surface area (Å²) in [5.74, 6) is 0.389. The molecule has 0 aromatic carbocycles. The van der Waals surface area contributed by atoms with Gasteiger partial charge in [-0.1, -0.05) is 25.5 Å². The van der Waals surface area contributed by atoms with Gasteiger partial charge in [-0.15, -0.1) is 0 Å². The molecule has 2 fully saturated rings. The van der Waals surface area contributed by atoms with Crippen LogP contribution in [-0.4, -0.2) is 13.1 Å². The third-order valence-corrected chi connectivity index (χ3v) is 5.36. The molecule has 2 nitrogen and oxygen atoms in total. The molecule has 17 heavy (non-hydrogen) atoms. The molecule has 2 saturated carbocycles. The third kappa shape index (κ3) is 1.73. The minimum atomic E-state index is -0.300. The minimum Gasteiger partial charge on any atom is -0.469 e. The van der Waals surface area contributed by atoms with Crippen LogP contribution in [-0.2, 0) is 9.53 Å². The van der Waals surface area contributed by atoms with E-state index in [4.69, 9.17) is 4.74 Å². The molecule has 0 amide bonds. The van der Waals surface area contributed by atoms with E-state index in [9.17, 15) is 4.79 Å². The van der Waals surface area contributed by atoms with Gasteiger partial charge in [0.2, 0.25) is 0 Å². The Morgan fingerprint density at radius 2 is 2.06 bits per heavy atom. The summed E-state index contributed by atoms with van der Waals surface area (Å²) in [6.45, 7) is 8.67. The Hall–Kier alpha value is -0.790. The molecule has 2 aliphatic carbocycles. The first-order valence-electron chi connectivity index (χ1n) is 6.72. The molecule has 2 aliphatic rings. The van der Waals surface area contributed by atoms with Crippen molar-refractivity contribution < 1.29 is 9.53 Å². The summed E-state index contributed by atoms with van der Waals surface area (Å²) in [6, 6.07) is 0. The monoisotopic (exact) mass is 236 g/mol. The number of hydrogen-bond donors (Lipinski definition) is 0. The molecule has 3 atom stereocenters. The average molecular weight is 236 g/mol. The second-order valence-electron chi connectivity index (χ2n) is 6.23. The Bertz CT molecular complexity index is 347. The second-order valence-corrected chi connectivity index (χ2v) is 6.23. The van der Waals surface area contributed by atoms with Crippen LogP contribution in [0, 0.1) is 16.7 Å². The number of fused-ring (bicyclic) bond motifs is 1. The van der Waals surface area contributed by atoms with Crippen molar-refractivity contribution in [1.29, 1.82) is 0 Å². The summed E-state index contributed by atoms with van der Waals surface area (Å²) in [4.78, 5) is 12.1. The van der Waals surface area contributed by atoms with E-state index in [1.54, 1.807) is 0 Å². The predicted molar refractivity (Wildman–Crippen MR) is 68.6 cm³/mol. The van der Waals surface area contributed by atoms with Gasteiger partial charge < -0.3 is 4.74 Å². The van der Waals surface area contributed by atoms with E-state index in [-0.39, 0.29) is 16.8 Å². The van der Waals surface area contributed by atoms with Gasteiger partial charge in [0, 0.05) is 0 Å². The molecule has 1 unspecified atom stereocenters. The fraction of sp³-hybridized carbons (Fsp3) is 0.800. The molecule has 0 aliphatic heterocycles. The van der Waals surface area contributed by atoms with E-state index in [1.807, 2.05) is 0 Å². The highest BCUT2D eigenvalue weighted by atomic mass is 16.5. The van der Waals surface area contributed by atoms with Crippen molar-refractivity contribution >= 4 is 5.97 Å². The third-order valence-electron chi connectivity index (χ3n) is 5.36. The molecule has 0 spiro atoms. The quantitative estimate of drug-likeness (QED) is 0.512. The van der Waals surface area contributed by atoms with Crippen molar-refractivity contribution in [2.45, 2.75) is 52.4 Å². The van der Waals surface area contributed by atoms with Crippen molar-refractivity contribution in [2.75, 3.05) is 7.11 Å². The van der Waals surface area contributed by atoms with E-state index >= 15 is 0 Å². The van der Waals surface area contributed by atoms with Gasteiger partial charge in [-0.05, 0) is 50.4 Å². The normalized spacial score (nSPS) is 41.8. The molecule has 0 N–H and O–H groups in total. The van der Waals surface area contributed by atoms with E-state index < -0.39 is 0 Å². The number of esters is 1. The van der Waals surface area contributed by atoms with Crippen LogP contribution in [0.2, 0.25) is 0 Å². The van der Waals surface area contributed by atoms with Crippen LogP contribution < -0.4 is 0 Å². The highest BCUT2D eigenvalue weighted by Gasteiger charge is 2.55. The molecular weight excluding hydrogens is 212 g/mol. The number of rotatable bonds is 1. The van der Waals surface area contributed by atoms with Crippen LogP contribution in [0.15, 0.2) is 12.2 Å². The highest BCUT2D eigenvalue weighted by Crippen LogP contribution is 2.59. The molecular formula is C15H24O2. The lowest BCUT2D eigenvalue weighted by atomic mass is 9.50. The van der Waals surface area contributed by atoms with Gasteiger partial charge in [0.05, 0.1) is 12.5 Å². The van der Waals surface area contributed by atoms with Gasteiger partial charge in [-0.25, -0.2) is 0 Å². The maximum atomic E-state index is 12.1. The molecule has 2 rings (SSSR count). The van der Waals surface area contributed by atoms with Crippen LogP contribution in [0.3, 0.4) is 0 Å². The van der Waals surface area contributed by atoms with Crippen LogP contribution in [0.4, 0.5) is 0 Å².